The molecule has 5 nitrogen and oxygen atoms in total. The van der Waals surface area contributed by atoms with Crippen LogP contribution in [0.15, 0.2) is 18.2 Å². The smallest absolute Gasteiger partial charge is 0.271 e. The zero-order valence-corrected chi connectivity index (χ0v) is 7.86. The summed E-state index contributed by atoms with van der Waals surface area (Å²) in [7, 11) is 0. The number of nitrogens with zero attached hydrogens (tertiary/aromatic N) is 1. The molecule has 0 bridgehead atoms. The van der Waals surface area contributed by atoms with Gasteiger partial charge in [-0.15, -0.1) is 0 Å². The molecular weight excluding hydrogens is 184 g/mol. The van der Waals surface area contributed by atoms with Crippen molar-refractivity contribution in [3.8, 4) is 0 Å². The van der Waals surface area contributed by atoms with E-state index in [1.165, 1.54) is 12.1 Å². The predicted molar refractivity (Wildman–Crippen MR) is 53.4 cm³/mol. The molecule has 0 aliphatic heterocycles. The minimum Gasteiger partial charge on any atom is -0.395 e. The minimum absolute atomic E-state index is 0.00211. The lowest BCUT2D eigenvalue weighted by molar-refractivity contribution is -0.384. The first-order valence-electron chi connectivity index (χ1n) is 4.25. The second-order valence-electron chi connectivity index (χ2n) is 2.91. The van der Waals surface area contributed by atoms with E-state index >= 15 is 0 Å². The topological polar surface area (TPSA) is 75.4 Å². The Morgan fingerprint density at radius 3 is 2.86 bits per heavy atom. The number of nitro groups is 1. The number of non-ortho nitro benzene ring substituents is 1. The van der Waals surface area contributed by atoms with Crippen LogP contribution in [0.25, 0.3) is 0 Å². The van der Waals surface area contributed by atoms with Crippen molar-refractivity contribution >= 4 is 11.4 Å². The predicted octanol–water partition coefficient (Wildman–Crippen LogP) is 1.31. The molecule has 76 valence electrons. The quantitative estimate of drug-likeness (QED) is 0.562. The van der Waals surface area contributed by atoms with Crippen LogP contribution in [-0.2, 0) is 0 Å². The molecule has 2 N–H and O–H groups in total. The molecule has 1 aromatic carbocycles. The molecule has 0 amide bonds. The van der Waals surface area contributed by atoms with Gasteiger partial charge in [0.2, 0.25) is 0 Å². The normalized spacial score (nSPS) is 9.86. The van der Waals surface area contributed by atoms with Gasteiger partial charge in [-0.2, -0.15) is 0 Å². The maximum absolute atomic E-state index is 10.5. The van der Waals surface area contributed by atoms with E-state index in [0.717, 1.165) is 5.56 Å². The summed E-state index contributed by atoms with van der Waals surface area (Å²) < 4.78 is 0. The van der Waals surface area contributed by atoms with E-state index < -0.39 is 4.92 Å². The minimum atomic E-state index is -0.441. The molecule has 0 radical (unpaired) electrons. The first-order valence-corrected chi connectivity index (χ1v) is 4.25. The first-order chi connectivity index (χ1) is 6.65. The highest BCUT2D eigenvalue weighted by molar-refractivity contribution is 5.56. The van der Waals surface area contributed by atoms with Crippen molar-refractivity contribution in [3.63, 3.8) is 0 Å². The summed E-state index contributed by atoms with van der Waals surface area (Å²) >= 11 is 0. The number of aliphatic hydroxyl groups is 1. The molecule has 0 fully saturated rings. The fourth-order valence-electron chi connectivity index (χ4n) is 1.10. The van der Waals surface area contributed by atoms with Gasteiger partial charge in [0.25, 0.3) is 5.69 Å². The Bertz CT molecular complexity index is 339. The number of rotatable bonds is 4. The van der Waals surface area contributed by atoms with Crippen LogP contribution in [0.5, 0.6) is 0 Å². The van der Waals surface area contributed by atoms with Crippen molar-refractivity contribution in [1.82, 2.24) is 0 Å². The number of benzene rings is 1. The van der Waals surface area contributed by atoms with Gasteiger partial charge in [0, 0.05) is 24.4 Å². The van der Waals surface area contributed by atoms with Crippen molar-refractivity contribution in [2.24, 2.45) is 0 Å². The second kappa shape index (κ2) is 4.57. The molecule has 0 aromatic heterocycles. The fourth-order valence-corrected chi connectivity index (χ4v) is 1.10. The van der Waals surface area contributed by atoms with Crippen molar-refractivity contribution in [3.05, 3.63) is 33.9 Å². The summed E-state index contributed by atoms with van der Waals surface area (Å²) in [4.78, 5) is 10.0. The molecule has 14 heavy (non-hydrogen) atoms. The van der Waals surface area contributed by atoms with E-state index in [-0.39, 0.29) is 12.3 Å². The van der Waals surface area contributed by atoms with E-state index in [1.54, 1.807) is 6.07 Å². The molecule has 0 saturated carbocycles. The van der Waals surface area contributed by atoms with Crippen molar-refractivity contribution in [2.75, 3.05) is 18.5 Å². The molecular formula is C9H12N2O3. The van der Waals surface area contributed by atoms with Crippen molar-refractivity contribution in [1.29, 1.82) is 0 Å². The highest BCUT2D eigenvalue weighted by atomic mass is 16.6. The lowest BCUT2D eigenvalue weighted by Crippen LogP contribution is -2.06. The van der Waals surface area contributed by atoms with Crippen LogP contribution >= 0.6 is 0 Å². The Kier molecular flexibility index (Phi) is 3.41. The maximum Gasteiger partial charge on any atom is 0.271 e. The third-order valence-corrected chi connectivity index (χ3v) is 1.86. The maximum atomic E-state index is 10.5. The molecule has 5 heteroatoms. The summed E-state index contributed by atoms with van der Waals surface area (Å²) in [5, 5.41) is 22.0. The van der Waals surface area contributed by atoms with E-state index in [4.69, 9.17) is 5.11 Å². The van der Waals surface area contributed by atoms with Crippen LogP contribution < -0.4 is 5.32 Å². The van der Waals surface area contributed by atoms with Gasteiger partial charge in [-0.1, -0.05) is 6.07 Å². The second-order valence-corrected chi connectivity index (χ2v) is 2.91. The number of nitro benzene ring substituents is 1. The van der Waals surface area contributed by atoms with Gasteiger partial charge < -0.3 is 10.4 Å². The number of hydrogen-bond acceptors (Lipinski definition) is 4. The van der Waals surface area contributed by atoms with Crippen molar-refractivity contribution < 1.29 is 10.0 Å². The molecule has 1 rings (SSSR count). The van der Waals surface area contributed by atoms with E-state index in [2.05, 4.69) is 5.32 Å². The number of aliphatic hydroxyl groups excluding tert-OH is 1. The van der Waals surface area contributed by atoms with Crippen LogP contribution in [0.3, 0.4) is 0 Å². The van der Waals surface area contributed by atoms with Crippen LogP contribution in [0.2, 0.25) is 0 Å². The Hall–Kier alpha value is -1.62. The monoisotopic (exact) mass is 196 g/mol. The standard InChI is InChI=1S/C9H12N2O3/c1-7-2-3-8(11(13)14)6-9(7)10-4-5-12/h2-3,6,10,12H,4-5H2,1H3. The first kappa shape index (κ1) is 10.5. The zero-order chi connectivity index (χ0) is 10.6. The third kappa shape index (κ3) is 2.43. The summed E-state index contributed by atoms with van der Waals surface area (Å²) in [6.45, 7) is 2.24. The van der Waals surface area contributed by atoms with Crippen LogP contribution in [0.1, 0.15) is 5.56 Å². The van der Waals surface area contributed by atoms with Crippen LogP contribution in [0, 0.1) is 17.0 Å². The number of anilines is 1. The van der Waals surface area contributed by atoms with Crippen LogP contribution in [-0.4, -0.2) is 23.2 Å². The average Bonchev–Trinajstić information content (AvgIpc) is 2.16. The molecule has 0 aliphatic rings. The van der Waals surface area contributed by atoms with E-state index in [9.17, 15) is 10.1 Å². The SMILES string of the molecule is Cc1ccc([N+](=O)[O-])cc1NCCO. The fraction of sp³-hybridized carbons (Fsp3) is 0.333. The van der Waals surface area contributed by atoms with Gasteiger partial charge in [0.15, 0.2) is 0 Å². The van der Waals surface area contributed by atoms with Gasteiger partial charge in [0.05, 0.1) is 11.5 Å². The summed E-state index contributed by atoms with van der Waals surface area (Å²) in [5.41, 5.74) is 1.66. The van der Waals surface area contributed by atoms with Gasteiger partial charge in [-0.05, 0) is 12.5 Å². The summed E-state index contributed by atoms with van der Waals surface area (Å²) in [5.74, 6) is 0. The van der Waals surface area contributed by atoms with Gasteiger partial charge in [0.1, 0.15) is 0 Å². The highest BCUT2D eigenvalue weighted by Crippen LogP contribution is 2.21. The van der Waals surface area contributed by atoms with E-state index in [0.29, 0.717) is 12.2 Å². The molecule has 0 spiro atoms. The number of hydrogen-bond donors (Lipinski definition) is 2. The molecule has 1 aromatic rings. The third-order valence-electron chi connectivity index (χ3n) is 1.86. The summed E-state index contributed by atoms with van der Waals surface area (Å²) in [6, 6.07) is 4.60. The van der Waals surface area contributed by atoms with Crippen LogP contribution in [0.4, 0.5) is 11.4 Å². The lowest BCUT2D eigenvalue weighted by Gasteiger charge is -2.07. The molecule has 0 saturated heterocycles. The summed E-state index contributed by atoms with van der Waals surface area (Å²) in [6.07, 6.45) is 0. The molecule has 0 aliphatic carbocycles. The number of aryl methyl sites for hydroxylation is 1. The Balaban J connectivity index is 2.90. The van der Waals surface area contributed by atoms with Gasteiger partial charge in [-0.25, -0.2) is 0 Å². The molecule has 0 atom stereocenters. The average molecular weight is 196 g/mol. The van der Waals surface area contributed by atoms with Gasteiger partial charge >= 0.3 is 0 Å². The Labute approximate surface area is 81.5 Å². The van der Waals surface area contributed by atoms with Crippen molar-refractivity contribution in [2.45, 2.75) is 6.92 Å². The van der Waals surface area contributed by atoms with E-state index in [1.807, 2.05) is 6.92 Å². The molecule has 0 unspecified atom stereocenters. The number of nitrogens with one attached hydrogen (secondary N) is 1. The Morgan fingerprint density at radius 2 is 2.29 bits per heavy atom. The van der Waals surface area contributed by atoms with Gasteiger partial charge in [-0.3, -0.25) is 10.1 Å². The lowest BCUT2D eigenvalue weighted by atomic mass is 10.2. The molecule has 0 heterocycles. The zero-order valence-electron chi connectivity index (χ0n) is 7.86. The Morgan fingerprint density at radius 1 is 1.57 bits per heavy atom. The highest BCUT2D eigenvalue weighted by Gasteiger charge is 2.07. The largest absolute Gasteiger partial charge is 0.395 e.